The maximum Gasteiger partial charge on any atom is 0.228 e. The van der Waals surface area contributed by atoms with E-state index in [1.165, 1.54) is 15.9 Å². The molecule has 148 valence electrons. The Morgan fingerprint density at radius 2 is 2.00 bits per heavy atom. The molecule has 3 rings (SSSR count). The highest BCUT2D eigenvalue weighted by Gasteiger charge is 2.43. The molecular formula is C18H22F2N2O4S. The molecular weight excluding hydrogens is 378 g/mol. The van der Waals surface area contributed by atoms with E-state index >= 15 is 0 Å². The molecule has 27 heavy (non-hydrogen) atoms. The average molecular weight is 400 g/mol. The van der Waals surface area contributed by atoms with Gasteiger partial charge in [0.25, 0.3) is 0 Å². The first-order valence-corrected chi connectivity index (χ1v) is 10.6. The van der Waals surface area contributed by atoms with E-state index in [1.54, 1.807) is 14.0 Å². The molecule has 0 saturated carbocycles. The molecule has 0 bridgehead atoms. The highest BCUT2D eigenvalue weighted by molar-refractivity contribution is 7.91. The summed E-state index contributed by atoms with van der Waals surface area (Å²) in [6, 6.07) is 2.63. The first kappa shape index (κ1) is 19.7. The Balaban J connectivity index is 1.68. The number of nitrogens with zero attached hydrogens (tertiary/aromatic N) is 2. The Morgan fingerprint density at radius 3 is 2.59 bits per heavy atom. The summed E-state index contributed by atoms with van der Waals surface area (Å²) in [5.41, 5.74) is 0.452. The molecule has 0 aliphatic carbocycles. The Hall–Kier alpha value is -2.03. The lowest BCUT2D eigenvalue weighted by Gasteiger charge is -2.28. The van der Waals surface area contributed by atoms with Crippen LogP contribution in [-0.2, 0) is 19.4 Å². The first-order chi connectivity index (χ1) is 12.6. The zero-order valence-corrected chi connectivity index (χ0v) is 16.0. The van der Waals surface area contributed by atoms with Gasteiger partial charge in [-0.1, -0.05) is 6.07 Å². The maximum atomic E-state index is 13.5. The van der Waals surface area contributed by atoms with Crippen molar-refractivity contribution in [2.24, 2.45) is 5.92 Å². The van der Waals surface area contributed by atoms with Gasteiger partial charge in [-0.25, -0.2) is 17.2 Å². The fourth-order valence-corrected chi connectivity index (χ4v) is 5.48. The summed E-state index contributed by atoms with van der Waals surface area (Å²) in [5.74, 6) is -2.99. The molecule has 0 aromatic heterocycles. The van der Waals surface area contributed by atoms with Crippen LogP contribution >= 0.6 is 0 Å². The molecule has 0 N–H and O–H groups in total. The molecule has 2 aliphatic heterocycles. The summed E-state index contributed by atoms with van der Waals surface area (Å²) < 4.78 is 49.9. The predicted octanol–water partition coefficient (Wildman–Crippen LogP) is 1.52. The van der Waals surface area contributed by atoms with E-state index < -0.39 is 33.4 Å². The number of halogens is 2. The van der Waals surface area contributed by atoms with Gasteiger partial charge in [0.1, 0.15) is 0 Å². The molecule has 9 heteroatoms. The van der Waals surface area contributed by atoms with Crippen molar-refractivity contribution in [3.8, 4) is 0 Å². The Labute approximate surface area is 157 Å². The maximum absolute atomic E-state index is 13.5. The van der Waals surface area contributed by atoms with Gasteiger partial charge in [0, 0.05) is 26.1 Å². The quantitative estimate of drug-likeness (QED) is 0.768. The van der Waals surface area contributed by atoms with Gasteiger partial charge in [-0.05, 0) is 31.0 Å². The summed E-state index contributed by atoms with van der Waals surface area (Å²) in [7, 11) is -1.57. The molecule has 2 saturated heterocycles. The summed E-state index contributed by atoms with van der Waals surface area (Å²) in [6.07, 6.45) is 0.431. The Bertz CT molecular complexity index is 874. The van der Waals surface area contributed by atoms with Gasteiger partial charge < -0.3 is 9.80 Å². The molecule has 2 fully saturated rings. The van der Waals surface area contributed by atoms with Crippen LogP contribution in [0.5, 0.6) is 0 Å². The predicted molar refractivity (Wildman–Crippen MR) is 94.4 cm³/mol. The first-order valence-electron chi connectivity index (χ1n) is 8.80. The standard InChI is InChI=1S/C18H22F2N2O4S/c1-11(12-3-4-15(19)16(20)7-12)21(2)18(24)13-8-17(23)22(9-13)14-5-6-27(25,26)10-14/h3-4,7,11,13-14H,5-6,8-10H2,1-2H3/t11-,13-,14+/m1/s1. The number of hydrogen-bond acceptors (Lipinski definition) is 4. The van der Waals surface area contributed by atoms with Crippen LogP contribution in [0.2, 0.25) is 0 Å². The van der Waals surface area contributed by atoms with Crippen molar-refractivity contribution in [3.05, 3.63) is 35.4 Å². The normalized spacial score (nSPS) is 25.6. The van der Waals surface area contributed by atoms with Gasteiger partial charge >= 0.3 is 0 Å². The lowest BCUT2D eigenvalue weighted by molar-refractivity contribution is -0.136. The van der Waals surface area contributed by atoms with E-state index in [2.05, 4.69) is 0 Å². The van der Waals surface area contributed by atoms with Crippen molar-refractivity contribution in [3.63, 3.8) is 0 Å². The summed E-state index contributed by atoms with van der Waals surface area (Å²) in [5, 5.41) is 0. The van der Waals surface area contributed by atoms with Crippen LogP contribution in [0.3, 0.4) is 0 Å². The Kier molecular flexibility index (Phi) is 5.24. The Morgan fingerprint density at radius 1 is 1.30 bits per heavy atom. The fourth-order valence-electron chi connectivity index (χ4n) is 3.75. The van der Waals surface area contributed by atoms with Crippen LogP contribution in [-0.4, -0.2) is 61.2 Å². The van der Waals surface area contributed by atoms with Gasteiger partial charge in [-0.3, -0.25) is 9.59 Å². The largest absolute Gasteiger partial charge is 0.339 e. The van der Waals surface area contributed by atoms with Gasteiger partial charge in [-0.2, -0.15) is 0 Å². The number of hydrogen-bond donors (Lipinski definition) is 0. The van der Waals surface area contributed by atoms with E-state index in [1.807, 2.05) is 0 Å². The minimum absolute atomic E-state index is 0.0320. The van der Waals surface area contributed by atoms with E-state index in [0.717, 1.165) is 12.1 Å². The third-order valence-electron chi connectivity index (χ3n) is 5.51. The molecule has 3 atom stereocenters. The van der Waals surface area contributed by atoms with Gasteiger partial charge in [-0.15, -0.1) is 0 Å². The number of amides is 2. The van der Waals surface area contributed by atoms with Crippen molar-refractivity contribution in [2.75, 3.05) is 25.1 Å². The van der Waals surface area contributed by atoms with Crippen LogP contribution < -0.4 is 0 Å². The zero-order chi connectivity index (χ0) is 19.9. The van der Waals surface area contributed by atoms with Crippen LogP contribution in [0.1, 0.15) is 31.4 Å². The zero-order valence-electron chi connectivity index (χ0n) is 15.2. The second kappa shape index (κ2) is 7.18. The SMILES string of the molecule is C[C@H](c1ccc(F)c(F)c1)N(C)C(=O)[C@@H]1CC(=O)N([C@H]2CCS(=O)(=O)C2)C1. The van der Waals surface area contributed by atoms with Crippen molar-refractivity contribution in [2.45, 2.75) is 31.8 Å². The molecule has 2 amide bonds. The van der Waals surface area contributed by atoms with Gasteiger partial charge in [0.2, 0.25) is 11.8 Å². The van der Waals surface area contributed by atoms with Crippen LogP contribution in [0.15, 0.2) is 18.2 Å². The number of carbonyl (C=O) groups excluding carboxylic acids is 2. The van der Waals surface area contributed by atoms with E-state index in [-0.39, 0.29) is 42.3 Å². The summed E-state index contributed by atoms with van der Waals surface area (Å²) in [6.45, 7) is 1.88. The number of carbonyl (C=O) groups is 2. The molecule has 1 aromatic rings. The monoisotopic (exact) mass is 400 g/mol. The number of likely N-dealkylation sites (tertiary alicyclic amines) is 1. The second-order valence-electron chi connectivity index (χ2n) is 7.30. The molecule has 1 aromatic carbocycles. The molecule has 6 nitrogen and oxygen atoms in total. The van der Waals surface area contributed by atoms with Crippen molar-refractivity contribution < 1.29 is 26.8 Å². The highest BCUT2D eigenvalue weighted by atomic mass is 32.2. The smallest absolute Gasteiger partial charge is 0.228 e. The van der Waals surface area contributed by atoms with E-state index in [0.29, 0.717) is 12.0 Å². The van der Waals surface area contributed by atoms with E-state index in [4.69, 9.17) is 0 Å². The summed E-state index contributed by atoms with van der Waals surface area (Å²) in [4.78, 5) is 28.0. The molecule has 0 spiro atoms. The van der Waals surface area contributed by atoms with E-state index in [9.17, 15) is 26.8 Å². The van der Waals surface area contributed by atoms with Crippen molar-refractivity contribution in [1.82, 2.24) is 9.80 Å². The molecule has 2 heterocycles. The lowest BCUT2D eigenvalue weighted by Crippen LogP contribution is -2.40. The van der Waals surface area contributed by atoms with Crippen LogP contribution in [0.4, 0.5) is 8.78 Å². The topological polar surface area (TPSA) is 74.8 Å². The van der Waals surface area contributed by atoms with Crippen molar-refractivity contribution >= 4 is 21.7 Å². The molecule has 2 aliphatic rings. The number of sulfone groups is 1. The third-order valence-corrected chi connectivity index (χ3v) is 7.26. The fraction of sp³-hybridized carbons (Fsp3) is 0.556. The minimum atomic E-state index is -3.12. The average Bonchev–Trinajstić information content (AvgIpc) is 3.17. The molecule has 0 unspecified atom stereocenters. The number of benzene rings is 1. The third kappa shape index (κ3) is 3.97. The second-order valence-corrected chi connectivity index (χ2v) is 9.53. The minimum Gasteiger partial charge on any atom is -0.339 e. The van der Waals surface area contributed by atoms with Gasteiger partial charge in [0.05, 0.1) is 23.5 Å². The highest BCUT2D eigenvalue weighted by Crippen LogP contribution is 2.29. The van der Waals surface area contributed by atoms with Crippen LogP contribution in [0.25, 0.3) is 0 Å². The van der Waals surface area contributed by atoms with Gasteiger partial charge in [0.15, 0.2) is 21.5 Å². The summed E-state index contributed by atoms with van der Waals surface area (Å²) >= 11 is 0. The van der Waals surface area contributed by atoms with Crippen molar-refractivity contribution in [1.29, 1.82) is 0 Å². The number of rotatable bonds is 4. The van der Waals surface area contributed by atoms with Crippen LogP contribution in [0, 0.1) is 17.6 Å². The lowest BCUT2D eigenvalue weighted by atomic mass is 10.0. The molecule has 0 radical (unpaired) electrons.